The first-order valence-electron chi connectivity index (χ1n) is 7.34. The Bertz CT molecular complexity index is 935. The summed E-state index contributed by atoms with van der Waals surface area (Å²) in [7, 11) is 4.07. The zero-order valence-electron chi connectivity index (χ0n) is 12.9. The van der Waals surface area contributed by atoms with Crippen LogP contribution in [0.4, 0.5) is 5.69 Å². The fourth-order valence-corrected chi connectivity index (χ4v) is 2.65. The lowest BCUT2D eigenvalue weighted by Crippen LogP contribution is -2.07. The number of nitrogens with one attached hydrogen (secondary N) is 2. The summed E-state index contributed by atoms with van der Waals surface area (Å²) in [5.41, 5.74) is 5.19. The summed E-state index contributed by atoms with van der Waals surface area (Å²) in [5, 5.41) is 8.95. The molecule has 4 rings (SSSR count). The number of fused-ring (bicyclic) bond motifs is 1. The first-order valence-corrected chi connectivity index (χ1v) is 7.34. The van der Waals surface area contributed by atoms with Gasteiger partial charge in [-0.3, -0.25) is 0 Å². The molecule has 0 aliphatic heterocycles. The Labute approximate surface area is 133 Å². The highest BCUT2D eigenvalue weighted by atomic mass is 15.2. The smallest absolute Gasteiger partial charge is 0.163 e. The summed E-state index contributed by atoms with van der Waals surface area (Å²) in [6.45, 7) is 0. The number of hydrogen-bond acceptors (Lipinski definition) is 4. The van der Waals surface area contributed by atoms with E-state index in [0.29, 0.717) is 0 Å². The van der Waals surface area contributed by atoms with Crippen molar-refractivity contribution in [2.75, 3.05) is 19.0 Å². The van der Waals surface area contributed by atoms with Crippen LogP contribution in [-0.2, 0) is 0 Å². The van der Waals surface area contributed by atoms with E-state index in [4.69, 9.17) is 0 Å². The molecule has 0 radical (unpaired) electrons. The van der Waals surface area contributed by atoms with Gasteiger partial charge in [0.15, 0.2) is 5.82 Å². The number of rotatable bonds is 3. The lowest BCUT2D eigenvalue weighted by Gasteiger charge is -2.12. The Morgan fingerprint density at radius 3 is 2.52 bits per heavy atom. The molecule has 0 aliphatic carbocycles. The number of pyridine rings is 1. The van der Waals surface area contributed by atoms with Crippen LogP contribution in [0.5, 0.6) is 0 Å². The van der Waals surface area contributed by atoms with Crippen molar-refractivity contribution in [2.45, 2.75) is 0 Å². The molecule has 114 valence electrons. The van der Waals surface area contributed by atoms with E-state index in [2.05, 4.69) is 60.4 Å². The monoisotopic (exact) mass is 304 g/mol. The van der Waals surface area contributed by atoms with Crippen molar-refractivity contribution in [2.24, 2.45) is 0 Å². The lowest BCUT2D eigenvalue weighted by atomic mass is 10.0. The van der Waals surface area contributed by atoms with Crippen LogP contribution in [0.15, 0.2) is 49.1 Å². The minimum atomic E-state index is 0.734. The Morgan fingerprint density at radius 2 is 1.83 bits per heavy atom. The number of hydrogen-bond donors (Lipinski definition) is 2. The molecule has 3 heterocycles. The highest BCUT2D eigenvalue weighted by Gasteiger charge is 2.11. The molecule has 2 N–H and O–H groups in total. The first-order chi connectivity index (χ1) is 11.2. The summed E-state index contributed by atoms with van der Waals surface area (Å²) < 4.78 is 0. The van der Waals surface area contributed by atoms with Gasteiger partial charge >= 0.3 is 0 Å². The molecule has 6 nitrogen and oxygen atoms in total. The fraction of sp³-hybridized carbons (Fsp3) is 0.118. The molecule has 6 heteroatoms. The van der Waals surface area contributed by atoms with E-state index in [-0.39, 0.29) is 0 Å². The van der Waals surface area contributed by atoms with Gasteiger partial charge in [0.1, 0.15) is 12.0 Å². The number of benzene rings is 1. The zero-order chi connectivity index (χ0) is 15.8. The summed E-state index contributed by atoms with van der Waals surface area (Å²) >= 11 is 0. The van der Waals surface area contributed by atoms with Crippen LogP contribution in [0.1, 0.15) is 0 Å². The van der Waals surface area contributed by atoms with Crippen LogP contribution in [0.2, 0.25) is 0 Å². The third-order valence-electron chi connectivity index (χ3n) is 3.92. The molecule has 1 aromatic carbocycles. The number of nitrogens with zero attached hydrogens (tertiary/aromatic N) is 4. The van der Waals surface area contributed by atoms with E-state index in [9.17, 15) is 0 Å². The summed E-state index contributed by atoms with van der Waals surface area (Å²) in [4.78, 5) is 12.8. The Balaban J connectivity index is 1.80. The van der Waals surface area contributed by atoms with Crippen molar-refractivity contribution in [3.05, 3.63) is 49.1 Å². The van der Waals surface area contributed by atoms with Gasteiger partial charge in [0.2, 0.25) is 0 Å². The predicted molar refractivity (Wildman–Crippen MR) is 91.2 cm³/mol. The molecule has 3 aromatic heterocycles. The van der Waals surface area contributed by atoms with Gasteiger partial charge in [-0.2, -0.15) is 0 Å². The Hall–Kier alpha value is -3.15. The fourth-order valence-electron chi connectivity index (χ4n) is 2.65. The molecule has 0 spiro atoms. The van der Waals surface area contributed by atoms with E-state index in [1.807, 2.05) is 26.5 Å². The minimum absolute atomic E-state index is 0.734. The molecule has 0 aliphatic rings. The number of H-pyrrole nitrogens is 2. The first kappa shape index (κ1) is 13.5. The molecule has 0 unspecified atom stereocenters. The average molecular weight is 304 g/mol. The molecule has 0 bridgehead atoms. The van der Waals surface area contributed by atoms with E-state index in [0.717, 1.165) is 33.5 Å². The van der Waals surface area contributed by atoms with Crippen molar-refractivity contribution in [3.63, 3.8) is 0 Å². The molecular weight excluding hydrogens is 288 g/mol. The van der Waals surface area contributed by atoms with Gasteiger partial charge in [-0.25, -0.2) is 4.98 Å². The van der Waals surface area contributed by atoms with Gasteiger partial charge in [0, 0.05) is 48.7 Å². The minimum Gasteiger partial charge on any atom is -0.378 e. The highest BCUT2D eigenvalue weighted by Crippen LogP contribution is 2.29. The van der Waals surface area contributed by atoms with Crippen LogP contribution in [0.3, 0.4) is 0 Å². The van der Waals surface area contributed by atoms with Crippen LogP contribution in [-0.4, -0.2) is 39.2 Å². The summed E-state index contributed by atoms with van der Waals surface area (Å²) in [6, 6.07) is 10.6. The van der Waals surface area contributed by atoms with Gasteiger partial charge in [0.05, 0.1) is 0 Å². The third-order valence-corrected chi connectivity index (χ3v) is 3.92. The van der Waals surface area contributed by atoms with E-state index in [1.165, 1.54) is 5.69 Å². The molecule has 0 saturated carbocycles. The van der Waals surface area contributed by atoms with E-state index in [1.54, 1.807) is 6.33 Å². The van der Waals surface area contributed by atoms with Gasteiger partial charge < -0.3 is 14.9 Å². The van der Waals surface area contributed by atoms with Crippen LogP contribution in [0, 0.1) is 0 Å². The molecule has 0 atom stereocenters. The standard InChI is InChI=1S/C17H16N6/c1-23(2)13-5-3-11(4-6-13)12-7-14-15(17-20-10-21-22-17)9-19-16(14)18-8-12/h3-10H,1-2H3,(H,18,19)(H,20,21,22). The molecule has 0 saturated heterocycles. The number of aromatic amines is 2. The molecule has 0 fully saturated rings. The summed E-state index contributed by atoms with van der Waals surface area (Å²) in [5.74, 6) is 0.734. The van der Waals surface area contributed by atoms with E-state index >= 15 is 0 Å². The van der Waals surface area contributed by atoms with Crippen LogP contribution in [0.25, 0.3) is 33.5 Å². The van der Waals surface area contributed by atoms with Crippen molar-refractivity contribution >= 4 is 16.7 Å². The molecular formula is C17H16N6. The second-order valence-electron chi connectivity index (χ2n) is 5.60. The largest absolute Gasteiger partial charge is 0.378 e. The SMILES string of the molecule is CN(C)c1ccc(-c2cnc3[nH]cc(-c4nnc[nH]4)c3c2)cc1. The quantitative estimate of drug-likeness (QED) is 0.610. The van der Waals surface area contributed by atoms with Crippen molar-refractivity contribution in [3.8, 4) is 22.5 Å². The van der Waals surface area contributed by atoms with Gasteiger partial charge in [-0.15, -0.1) is 10.2 Å². The Morgan fingerprint density at radius 1 is 1.00 bits per heavy atom. The number of aromatic nitrogens is 5. The van der Waals surface area contributed by atoms with Crippen molar-refractivity contribution < 1.29 is 0 Å². The second-order valence-corrected chi connectivity index (χ2v) is 5.60. The van der Waals surface area contributed by atoms with Crippen molar-refractivity contribution in [1.82, 2.24) is 25.1 Å². The normalized spacial score (nSPS) is 11.0. The van der Waals surface area contributed by atoms with Gasteiger partial charge in [0.25, 0.3) is 0 Å². The van der Waals surface area contributed by atoms with Crippen molar-refractivity contribution in [1.29, 1.82) is 0 Å². The average Bonchev–Trinajstić information content (AvgIpc) is 3.23. The topological polar surface area (TPSA) is 73.5 Å². The molecule has 4 aromatic rings. The lowest BCUT2D eigenvalue weighted by molar-refractivity contribution is 1.10. The maximum Gasteiger partial charge on any atom is 0.163 e. The van der Waals surface area contributed by atoms with E-state index < -0.39 is 0 Å². The Kier molecular flexibility index (Phi) is 3.08. The predicted octanol–water partition coefficient (Wildman–Crippen LogP) is 3.08. The second kappa shape index (κ2) is 5.24. The highest BCUT2D eigenvalue weighted by molar-refractivity contribution is 5.94. The molecule has 0 amide bonds. The van der Waals surface area contributed by atoms with Gasteiger partial charge in [-0.05, 0) is 23.8 Å². The van der Waals surface area contributed by atoms with Crippen LogP contribution >= 0.6 is 0 Å². The zero-order valence-corrected chi connectivity index (χ0v) is 12.9. The maximum atomic E-state index is 4.52. The van der Waals surface area contributed by atoms with Crippen LogP contribution < -0.4 is 4.90 Å². The summed E-state index contributed by atoms with van der Waals surface area (Å²) in [6.07, 6.45) is 5.36. The van der Waals surface area contributed by atoms with Gasteiger partial charge in [-0.1, -0.05) is 12.1 Å². The maximum absolute atomic E-state index is 4.52. The number of anilines is 1. The third kappa shape index (κ3) is 2.34. The molecule has 23 heavy (non-hydrogen) atoms.